The minimum Gasteiger partial charge on any atom is -0.456 e. The Balaban J connectivity index is 1.07. The van der Waals surface area contributed by atoms with Crippen molar-refractivity contribution < 1.29 is 4.42 Å². The molecule has 0 saturated heterocycles. The van der Waals surface area contributed by atoms with E-state index in [9.17, 15) is 0 Å². The van der Waals surface area contributed by atoms with E-state index in [1.807, 2.05) is 66.7 Å². The standard InChI is InChI=1S/C51H31N3OS/c1-4-13-32(14-5-1)33-23-25-34(26-24-33)42-29-38(30-44-47(42)40-19-10-11-21-43(40)55-44)39-20-12-22-45-48(39)41-28-27-37(31-46(41)56-45)51-53-49(35-15-6-2-7-16-35)52-50(54-51)36-17-8-3-9-18-36/h1-31H. The first-order valence-electron chi connectivity index (χ1n) is 18.7. The lowest BCUT2D eigenvalue weighted by atomic mass is 9.92. The highest BCUT2D eigenvalue weighted by molar-refractivity contribution is 7.26. The Labute approximate surface area is 327 Å². The van der Waals surface area contributed by atoms with Crippen LogP contribution < -0.4 is 0 Å². The van der Waals surface area contributed by atoms with Gasteiger partial charge in [0.15, 0.2) is 17.5 Å². The summed E-state index contributed by atoms with van der Waals surface area (Å²) >= 11 is 1.79. The van der Waals surface area contributed by atoms with Crippen LogP contribution >= 0.6 is 11.3 Å². The van der Waals surface area contributed by atoms with Crippen LogP contribution in [0.1, 0.15) is 0 Å². The third-order valence-corrected chi connectivity index (χ3v) is 11.7. The van der Waals surface area contributed by atoms with Gasteiger partial charge in [-0.3, -0.25) is 0 Å². The topological polar surface area (TPSA) is 51.8 Å². The third kappa shape index (κ3) is 5.56. The quantitative estimate of drug-likeness (QED) is 0.171. The third-order valence-electron chi connectivity index (χ3n) is 10.5. The van der Waals surface area contributed by atoms with Crippen LogP contribution in [0.3, 0.4) is 0 Å². The number of fused-ring (bicyclic) bond motifs is 6. The molecule has 262 valence electrons. The molecule has 0 amide bonds. The largest absolute Gasteiger partial charge is 0.456 e. The van der Waals surface area contributed by atoms with Crippen LogP contribution in [0, 0.1) is 0 Å². The molecule has 0 atom stereocenters. The lowest BCUT2D eigenvalue weighted by Crippen LogP contribution is -1.99. The van der Waals surface area contributed by atoms with Crippen molar-refractivity contribution in [2.75, 3.05) is 0 Å². The van der Waals surface area contributed by atoms with Gasteiger partial charge in [-0.25, -0.2) is 15.0 Å². The van der Waals surface area contributed by atoms with Gasteiger partial charge < -0.3 is 4.42 Å². The fourth-order valence-electron chi connectivity index (χ4n) is 7.85. The smallest absolute Gasteiger partial charge is 0.164 e. The van der Waals surface area contributed by atoms with Crippen molar-refractivity contribution in [2.24, 2.45) is 0 Å². The van der Waals surface area contributed by atoms with Crippen LogP contribution in [0.5, 0.6) is 0 Å². The van der Waals surface area contributed by atoms with Crippen LogP contribution in [-0.4, -0.2) is 15.0 Å². The number of furan rings is 1. The summed E-state index contributed by atoms with van der Waals surface area (Å²) in [5.74, 6) is 1.95. The molecular formula is C51H31N3OS. The van der Waals surface area contributed by atoms with Crippen LogP contribution in [-0.2, 0) is 0 Å². The number of para-hydroxylation sites is 1. The van der Waals surface area contributed by atoms with E-state index in [4.69, 9.17) is 19.4 Å². The van der Waals surface area contributed by atoms with Crippen LogP contribution in [0.15, 0.2) is 192 Å². The number of nitrogens with zero attached hydrogens (tertiary/aromatic N) is 3. The van der Waals surface area contributed by atoms with Crippen LogP contribution in [0.2, 0.25) is 0 Å². The maximum atomic E-state index is 6.58. The van der Waals surface area contributed by atoms with Gasteiger partial charge in [-0.15, -0.1) is 11.3 Å². The molecule has 0 unspecified atom stereocenters. The number of thiophene rings is 1. The monoisotopic (exact) mass is 733 g/mol. The van der Waals surface area contributed by atoms with E-state index in [1.165, 1.54) is 36.9 Å². The van der Waals surface area contributed by atoms with Crippen molar-refractivity contribution >= 4 is 53.4 Å². The first-order chi connectivity index (χ1) is 27.7. The SMILES string of the molecule is c1ccc(-c2ccc(-c3cc(-c4cccc5sc6cc(-c7nc(-c8ccccc8)nc(-c8ccccc8)n7)ccc6c45)cc4oc5ccccc5c34)cc2)cc1. The van der Waals surface area contributed by atoms with Gasteiger partial charge in [-0.2, -0.15) is 0 Å². The van der Waals surface area contributed by atoms with Gasteiger partial charge in [0.1, 0.15) is 11.2 Å². The molecule has 8 aromatic carbocycles. The van der Waals surface area contributed by atoms with E-state index < -0.39 is 0 Å². The Kier molecular flexibility index (Phi) is 7.64. The van der Waals surface area contributed by atoms with Gasteiger partial charge in [-0.05, 0) is 63.7 Å². The second-order valence-corrected chi connectivity index (χ2v) is 15.1. The average Bonchev–Trinajstić information content (AvgIpc) is 3.85. The van der Waals surface area contributed by atoms with Gasteiger partial charge in [0.05, 0.1) is 0 Å². The van der Waals surface area contributed by atoms with E-state index in [2.05, 4.69) is 121 Å². The Morgan fingerprint density at radius 3 is 1.59 bits per heavy atom. The van der Waals surface area contributed by atoms with Crippen LogP contribution in [0.4, 0.5) is 0 Å². The van der Waals surface area contributed by atoms with E-state index >= 15 is 0 Å². The van der Waals surface area contributed by atoms with Gasteiger partial charge in [-0.1, -0.05) is 158 Å². The normalized spacial score (nSPS) is 11.6. The Hall–Kier alpha value is -7.21. The van der Waals surface area contributed by atoms with Gasteiger partial charge >= 0.3 is 0 Å². The highest BCUT2D eigenvalue weighted by Gasteiger charge is 2.19. The van der Waals surface area contributed by atoms with E-state index in [1.54, 1.807) is 11.3 Å². The zero-order valence-electron chi connectivity index (χ0n) is 30.1. The predicted molar refractivity (Wildman–Crippen MR) is 233 cm³/mol. The first kappa shape index (κ1) is 32.2. The molecule has 0 saturated carbocycles. The molecule has 4 nitrogen and oxygen atoms in total. The molecule has 11 aromatic rings. The minimum atomic E-state index is 0.649. The maximum absolute atomic E-state index is 6.58. The highest BCUT2D eigenvalue weighted by atomic mass is 32.1. The molecule has 0 fully saturated rings. The van der Waals surface area contributed by atoms with Crippen molar-refractivity contribution in [3.05, 3.63) is 188 Å². The molecule has 0 aliphatic heterocycles. The molecule has 0 aliphatic carbocycles. The van der Waals surface area contributed by atoms with Gasteiger partial charge in [0.25, 0.3) is 0 Å². The number of hydrogen-bond donors (Lipinski definition) is 0. The summed E-state index contributed by atoms with van der Waals surface area (Å²) < 4.78 is 8.98. The fourth-order valence-corrected chi connectivity index (χ4v) is 9.02. The second-order valence-electron chi connectivity index (χ2n) is 14.0. The lowest BCUT2D eigenvalue weighted by molar-refractivity contribution is 0.669. The van der Waals surface area contributed by atoms with Crippen molar-refractivity contribution in [3.63, 3.8) is 0 Å². The molecule has 0 aliphatic rings. The fraction of sp³-hybridized carbons (Fsp3) is 0. The Morgan fingerprint density at radius 1 is 0.321 bits per heavy atom. The molecule has 5 heteroatoms. The van der Waals surface area contributed by atoms with Crippen molar-refractivity contribution in [3.8, 4) is 67.5 Å². The summed E-state index contributed by atoms with van der Waals surface area (Å²) in [6, 6.07) is 65.8. The molecule has 3 heterocycles. The zero-order chi connectivity index (χ0) is 37.0. The van der Waals surface area contributed by atoms with Crippen molar-refractivity contribution in [1.29, 1.82) is 0 Å². The average molecular weight is 734 g/mol. The molecule has 56 heavy (non-hydrogen) atoms. The van der Waals surface area contributed by atoms with E-state index in [0.717, 1.165) is 55.3 Å². The molecule has 11 rings (SSSR count). The van der Waals surface area contributed by atoms with E-state index in [0.29, 0.717) is 17.5 Å². The molecule has 0 spiro atoms. The predicted octanol–water partition coefficient (Wildman–Crippen LogP) is 14.1. The Bertz CT molecular complexity index is 3170. The van der Waals surface area contributed by atoms with Gasteiger partial charge in [0, 0.05) is 47.6 Å². The van der Waals surface area contributed by atoms with Gasteiger partial charge in [0.2, 0.25) is 0 Å². The number of rotatable bonds is 6. The van der Waals surface area contributed by atoms with Crippen LogP contribution in [0.25, 0.3) is 110 Å². The lowest BCUT2D eigenvalue weighted by Gasteiger charge is -2.11. The second kappa shape index (κ2) is 13.3. The highest BCUT2D eigenvalue weighted by Crippen LogP contribution is 2.45. The number of benzene rings is 8. The first-order valence-corrected chi connectivity index (χ1v) is 19.5. The molecule has 3 aromatic heterocycles. The maximum Gasteiger partial charge on any atom is 0.164 e. The summed E-state index contributed by atoms with van der Waals surface area (Å²) in [5.41, 5.74) is 11.6. The Morgan fingerprint density at radius 2 is 0.893 bits per heavy atom. The molecule has 0 radical (unpaired) electrons. The molecule has 0 N–H and O–H groups in total. The van der Waals surface area contributed by atoms with Crippen molar-refractivity contribution in [2.45, 2.75) is 0 Å². The summed E-state index contributed by atoms with van der Waals surface area (Å²) in [5, 5.41) is 4.67. The summed E-state index contributed by atoms with van der Waals surface area (Å²) in [7, 11) is 0. The number of aromatic nitrogens is 3. The molecule has 0 bridgehead atoms. The van der Waals surface area contributed by atoms with Crippen molar-refractivity contribution in [1.82, 2.24) is 15.0 Å². The number of hydrogen-bond acceptors (Lipinski definition) is 5. The summed E-state index contributed by atoms with van der Waals surface area (Å²) in [4.78, 5) is 14.9. The minimum absolute atomic E-state index is 0.649. The summed E-state index contributed by atoms with van der Waals surface area (Å²) in [6.07, 6.45) is 0. The van der Waals surface area contributed by atoms with E-state index in [-0.39, 0.29) is 0 Å². The summed E-state index contributed by atoms with van der Waals surface area (Å²) in [6.45, 7) is 0. The molecular weight excluding hydrogens is 703 g/mol. The zero-order valence-corrected chi connectivity index (χ0v) is 30.9.